The second-order valence-electron chi connectivity index (χ2n) is 2.95. The maximum atomic E-state index is 11.4. The third-order valence-electron chi connectivity index (χ3n) is 2.22. The molecule has 0 aliphatic carbocycles. The van der Waals surface area contributed by atoms with E-state index >= 15 is 0 Å². The summed E-state index contributed by atoms with van der Waals surface area (Å²) in [6.45, 7) is 9.52. The summed E-state index contributed by atoms with van der Waals surface area (Å²) in [6, 6.07) is 0.226. The van der Waals surface area contributed by atoms with Crippen molar-refractivity contribution in [3.05, 3.63) is 25.3 Å². The lowest BCUT2D eigenvalue weighted by Gasteiger charge is -2.44. The lowest BCUT2D eigenvalue weighted by molar-refractivity contribution is 0.0427. The molecule has 0 saturated carbocycles. The molecular weight excluding hydrogens is 166 g/mol. The van der Waals surface area contributed by atoms with Gasteiger partial charge in [-0.05, 0) is 13.3 Å². The van der Waals surface area contributed by atoms with Crippen LogP contribution in [-0.4, -0.2) is 29.7 Å². The van der Waals surface area contributed by atoms with Crippen molar-refractivity contribution in [3.63, 3.8) is 0 Å². The Hall–Kier alpha value is -1.25. The van der Waals surface area contributed by atoms with Crippen LogP contribution in [0.3, 0.4) is 0 Å². The largest absolute Gasteiger partial charge is 0.450 e. The predicted molar refractivity (Wildman–Crippen MR) is 51.4 cm³/mol. The Balaban J connectivity index is 2.57. The number of amides is 1. The van der Waals surface area contributed by atoms with Crippen molar-refractivity contribution < 1.29 is 9.53 Å². The second-order valence-corrected chi connectivity index (χ2v) is 2.95. The smallest absolute Gasteiger partial charge is 0.410 e. The molecule has 1 heterocycles. The molecule has 1 fully saturated rings. The average Bonchev–Trinajstić information content (AvgIpc) is 2.04. The van der Waals surface area contributed by atoms with E-state index in [1.807, 2.05) is 0 Å². The highest BCUT2D eigenvalue weighted by atomic mass is 16.6. The first-order valence-electron chi connectivity index (χ1n) is 4.44. The van der Waals surface area contributed by atoms with Crippen LogP contribution in [0.15, 0.2) is 25.3 Å². The van der Waals surface area contributed by atoms with E-state index in [0.29, 0.717) is 6.61 Å². The molecule has 13 heavy (non-hydrogen) atoms. The molecular formula is C10H15NO2. The predicted octanol–water partition coefficient (Wildman–Crippen LogP) is 1.96. The highest BCUT2D eigenvalue weighted by Gasteiger charge is 2.38. The van der Waals surface area contributed by atoms with Gasteiger partial charge in [-0.25, -0.2) is 4.79 Å². The molecule has 0 N–H and O–H groups in total. The maximum absolute atomic E-state index is 11.4. The van der Waals surface area contributed by atoms with Gasteiger partial charge < -0.3 is 4.74 Å². The van der Waals surface area contributed by atoms with Gasteiger partial charge in [0.05, 0.1) is 18.7 Å². The lowest BCUT2D eigenvalue weighted by atomic mass is 9.94. The first-order valence-corrected chi connectivity index (χ1v) is 4.44. The molecule has 2 unspecified atom stereocenters. The minimum Gasteiger partial charge on any atom is -0.450 e. The Morgan fingerprint density at radius 3 is 2.46 bits per heavy atom. The molecule has 1 rings (SSSR count). The first kappa shape index (κ1) is 9.84. The van der Waals surface area contributed by atoms with E-state index in [-0.39, 0.29) is 18.2 Å². The standard InChI is InChI=1S/C10H15NO2/c1-4-8-7-9(5-2)11(8)10(12)13-6-3/h4-5,8-9H,1-2,6-7H2,3H3. The Morgan fingerprint density at radius 2 is 2.08 bits per heavy atom. The molecule has 2 atom stereocenters. The summed E-state index contributed by atoms with van der Waals surface area (Å²) in [5.74, 6) is 0. The monoisotopic (exact) mass is 181 g/mol. The van der Waals surface area contributed by atoms with Crippen LogP contribution in [-0.2, 0) is 4.74 Å². The van der Waals surface area contributed by atoms with Crippen molar-refractivity contribution in [1.82, 2.24) is 4.90 Å². The van der Waals surface area contributed by atoms with Crippen LogP contribution in [0.1, 0.15) is 13.3 Å². The minimum atomic E-state index is -0.274. The summed E-state index contributed by atoms with van der Waals surface area (Å²) in [5.41, 5.74) is 0. The van der Waals surface area contributed by atoms with Crippen LogP contribution in [0.4, 0.5) is 4.79 Å². The van der Waals surface area contributed by atoms with E-state index in [1.165, 1.54) is 0 Å². The molecule has 1 saturated heterocycles. The van der Waals surface area contributed by atoms with Gasteiger partial charge in [-0.1, -0.05) is 12.2 Å². The quantitative estimate of drug-likeness (QED) is 0.623. The number of hydrogen-bond donors (Lipinski definition) is 0. The van der Waals surface area contributed by atoms with Gasteiger partial charge in [0.25, 0.3) is 0 Å². The van der Waals surface area contributed by atoms with Gasteiger partial charge in [0.15, 0.2) is 0 Å². The molecule has 0 aromatic carbocycles. The van der Waals surface area contributed by atoms with E-state index in [0.717, 1.165) is 6.42 Å². The summed E-state index contributed by atoms with van der Waals surface area (Å²) < 4.78 is 4.90. The zero-order valence-electron chi connectivity index (χ0n) is 7.90. The Labute approximate surface area is 78.7 Å². The van der Waals surface area contributed by atoms with E-state index < -0.39 is 0 Å². The Kier molecular flexibility index (Phi) is 3.12. The number of carbonyl (C=O) groups is 1. The normalized spacial score (nSPS) is 26.1. The molecule has 0 aromatic rings. The number of hydrogen-bond acceptors (Lipinski definition) is 2. The molecule has 0 radical (unpaired) electrons. The van der Waals surface area contributed by atoms with Crippen LogP contribution in [0.2, 0.25) is 0 Å². The van der Waals surface area contributed by atoms with E-state index in [9.17, 15) is 4.79 Å². The third-order valence-corrected chi connectivity index (χ3v) is 2.22. The lowest BCUT2D eigenvalue weighted by Crippen LogP contribution is -2.56. The molecule has 0 spiro atoms. The molecule has 0 bridgehead atoms. The molecule has 0 aromatic heterocycles. The van der Waals surface area contributed by atoms with Crippen LogP contribution < -0.4 is 0 Å². The van der Waals surface area contributed by atoms with Gasteiger partial charge in [0.1, 0.15) is 0 Å². The third kappa shape index (κ3) is 1.74. The highest BCUT2D eigenvalue weighted by Crippen LogP contribution is 2.27. The average molecular weight is 181 g/mol. The van der Waals surface area contributed by atoms with Crippen molar-refractivity contribution >= 4 is 6.09 Å². The van der Waals surface area contributed by atoms with Crippen molar-refractivity contribution in [2.24, 2.45) is 0 Å². The van der Waals surface area contributed by atoms with Gasteiger partial charge in [-0.2, -0.15) is 0 Å². The number of carbonyl (C=O) groups excluding carboxylic acids is 1. The van der Waals surface area contributed by atoms with Crippen molar-refractivity contribution in [2.75, 3.05) is 6.61 Å². The number of likely N-dealkylation sites (tertiary alicyclic amines) is 1. The van der Waals surface area contributed by atoms with Gasteiger partial charge in [-0.15, -0.1) is 13.2 Å². The summed E-state index contributed by atoms with van der Waals surface area (Å²) in [7, 11) is 0. The minimum absolute atomic E-state index is 0.113. The van der Waals surface area contributed by atoms with Gasteiger partial charge in [0, 0.05) is 0 Å². The molecule has 3 nitrogen and oxygen atoms in total. The fourth-order valence-corrected chi connectivity index (χ4v) is 1.47. The molecule has 1 amide bonds. The molecule has 3 heteroatoms. The van der Waals surface area contributed by atoms with Crippen LogP contribution in [0.25, 0.3) is 0 Å². The fraction of sp³-hybridized carbons (Fsp3) is 0.500. The van der Waals surface area contributed by atoms with Crippen LogP contribution >= 0.6 is 0 Å². The van der Waals surface area contributed by atoms with Gasteiger partial charge >= 0.3 is 6.09 Å². The maximum Gasteiger partial charge on any atom is 0.410 e. The van der Waals surface area contributed by atoms with Crippen molar-refractivity contribution in [2.45, 2.75) is 25.4 Å². The van der Waals surface area contributed by atoms with Crippen LogP contribution in [0, 0.1) is 0 Å². The Bertz CT molecular complexity index is 211. The topological polar surface area (TPSA) is 29.5 Å². The van der Waals surface area contributed by atoms with E-state index in [1.54, 1.807) is 24.0 Å². The molecule has 1 aliphatic rings. The summed E-state index contributed by atoms with van der Waals surface area (Å²) >= 11 is 0. The molecule has 1 aliphatic heterocycles. The van der Waals surface area contributed by atoms with E-state index in [2.05, 4.69) is 13.2 Å². The second kappa shape index (κ2) is 4.12. The number of rotatable bonds is 3. The zero-order chi connectivity index (χ0) is 9.84. The SMILES string of the molecule is C=CC1CC(C=C)N1C(=O)OCC. The number of nitrogens with zero attached hydrogens (tertiary/aromatic N) is 1. The zero-order valence-corrected chi connectivity index (χ0v) is 7.90. The Morgan fingerprint density at radius 1 is 1.54 bits per heavy atom. The summed E-state index contributed by atoms with van der Waals surface area (Å²) in [5, 5.41) is 0. The van der Waals surface area contributed by atoms with Gasteiger partial charge in [0.2, 0.25) is 0 Å². The van der Waals surface area contributed by atoms with Crippen molar-refractivity contribution in [1.29, 1.82) is 0 Å². The van der Waals surface area contributed by atoms with Crippen LogP contribution in [0.5, 0.6) is 0 Å². The number of ether oxygens (including phenoxy) is 1. The highest BCUT2D eigenvalue weighted by molar-refractivity contribution is 5.70. The fourth-order valence-electron chi connectivity index (χ4n) is 1.47. The van der Waals surface area contributed by atoms with Gasteiger partial charge in [-0.3, -0.25) is 4.90 Å². The van der Waals surface area contributed by atoms with Crippen molar-refractivity contribution in [3.8, 4) is 0 Å². The summed E-state index contributed by atoms with van der Waals surface area (Å²) in [6.07, 6.45) is 4.16. The molecule has 72 valence electrons. The van der Waals surface area contributed by atoms with E-state index in [4.69, 9.17) is 4.74 Å². The first-order chi connectivity index (χ1) is 6.24. The summed E-state index contributed by atoms with van der Waals surface area (Å²) in [4.78, 5) is 13.0.